The van der Waals surface area contributed by atoms with Crippen LogP contribution in [-0.4, -0.2) is 51.0 Å². The Kier molecular flexibility index (Phi) is 5.18. The lowest BCUT2D eigenvalue weighted by molar-refractivity contribution is -0.129. The normalized spacial score (nSPS) is 14.9. The van der Waals surface area contributed by atoms with Gasteiger partial charge < -0.3 is 10.2 Å². The molecule has 0 aliphatic carbocycles. The highest BCUT2D eigenvalue weighted by atomic mass is 32.2. The molecule has 0 spiro atoms. The first-order valence-corrected chi connectivity index (χ1v) is 9.13. The monoisotopic (exact) mass is 324 g/mol. The molecule has 1 aromatic rings. The summed E-state index contributed by atoms with van der Waals surface area (Å²) in [4.78, 5) is 25.7. The van der Waals surface area contributed by atoms with Gasteiger partial charge in [0.05, 0.1) is 4.90 Å². The second-order valence-corrected chi connectivity index (χ2v) is 7.41. The maximum atomic E-state index is 12.0. The molecule has 6 nitrogen and oxygen atoms in total. The van der Waals surface area contributed by atoms with E-state index in [0.717, 1.165) is 32.2 Å². The highest BCUT2D eigenvalue weighted by Gasteiger charge is 2.17. The fraction of sp³-hybridized carbons (Fsp3) is 0.467. The zero-order chi connectivity index (χ0) is 16.2. The average Bonchev–Trinajstić information content (AvgIpc) is 3.00. The maximum Gasteiger partial charge on any atom is 0.251 e. The van der Waals surface area contributed by atoms with E-state index in [1.807, 2.05) is 0 Å². The number of hydrogen-bond donors (Lipinski definition) is 1. The van der Waals surface area contributed by atoms with Crippen molar-refractivity contribution in [1.82, 2.24) is 10.2 Å². The largest absolute Gasteiger partial charge is 0.352 e. The SMILES string of the molecule is CS(=O)(=O)c1cccc(C(=O)NCCC(=O)N2CCCC2)c1. The second kappa shape index (κ2) is 6.91. The zero-order valence-corrected chi connectivity index (χ0v) is 13.4. The number of hydrogen-bond acceptors (Lipinski definition) is 4. The van der Waals surface area contributed by atoms with E-state index in [4.69, 9.17) is 0 Å². The number of sulfone groups is 1. The van der Waals surface area contributed by atoms with Crippen LogP contribution in [0, 0.1) is 0 Å². The van der Waals surface area contributed by atoms with Gasteiger partial charge >= 0.3 is 0 Å². The number of likely N-dealkylation sites (tertiary alicyclic amines) is 1. The lowest BCUT2D eigenvalue weighted by atomic mass is 10.2. The molecule has 7 heteroatoms. The molecular formula is C15H20N2O4S. The molecule has 1 aliphatic rings. The van der Waals surface area contributed by atoms with Gasteiger partial charge in [0.2, 0.25) is 5.91 Å². The summed E-state index contributed by atoms with van der Waals surface area (Å²) >= 11 is 0. The van der Waals surface area contributed by atoms with E-state index >= 15 is 0 Å². The van der Waals surface area contributed by atoms with Crippen LogP contribution in [0.3, 0.4) is 0 Å². The van der Waals surface area contributed by atoms with Crippen molar-refractivity contribution in [2.24, 2.45) is 0 Å². The molecule has 120 valence electrons. The maximum absolute atomic E-state index is 12.0. The van der Waals surface area contributed by atoms with Crippen LogP contribution in [0.15, 0.2) is 29.2 Å². The fourth-order valence-electron chi connectivity index (χ4n) is 2.38. The molecule has 1 heterocycles. The summed E-state index contributed by atoms with van der Waals surface area (Å²) in [6, 6.07) is 5.86. The van der Waals surface area contributed by atoms with Crippen molar-refractivity contribution in [3.05, 3.63) is 29.8 Å². The van der Waals surface area contributed by atoms with E-state index < -0.39 is 9.84 Å². The molecule has 1 aromatic carbocycles. The van der Waals surface area contributed by atoms with Crippen LogP contribution < -0.4 is 5.32 Å². The average molecular weight is 324 g/mol. The third kappa shape index (κ3) is 4.30. The molecule has 0 atom stereocenters. The van der Waals surface area contributed by atoms with Crippen molar-refractivity contribution in [2.45, 2.75) is 24.2 Å². The molecular weight excluding hydrogens is 304 g/mol. The Morgan fingerprint density at radius 1 is 1.23 bits per heavy atom. The fourth-order valence-corrected chi connectivity index (χ4v) is 3.04. The van der Waals surface area contributed by atoms with E-state index in [1.165, 1.54) is 18.2 Å². The van der Waals surface area contributed by atoms with Gasteiger partial charge in [0, 0.05) is 37.9 Å². The summed E-state index contributed by atoms with van der Waals surface area (Å²) in [6.45, 7) is 1.84. The van der Waals surface area contributed by atoms with Crippen LogP contribution in [-0.2, 0) is 14.6 Å². The predicted molar refractivity (Wildman–Crippen MR) is 82.3 cm³/mol. The van der Waals surface area contributed by atoms with Crippen LogP contribution in [0.1, 0.15) is 29.6 Å². The molecule has 1 aliphatic heterocycles. The standard InChI is InChI=1S/C15H20N2O4S/c1-22(20,21)13-6-4-5-12(11-13)15(19)16-8-7-14(18)17-9-2-3-10-17/h4-6,11H,2-3,7-10H2,1H3,(H,16,19). The van der Waals surface area contributed by atoms with Crippen molar-refractivity contribution in [3.8, 4) is 0 Å². The number of benzene rings is 1. The number of nitrogens with zero attached hydrogens (tertiary/aromatic N) is 1. The molecule has 1 fully saturated rings. The van der Waals surface area contributed by atoms with Crippen LogP contribution in [0.25, 0.3) is 0 Å². The lowest BCUT2D eigenvalue weighted by Gasteiger charge is -2.15. The highest BCUT2D eigenvalue weighted by molar-refractivity contribution is 7.90. The van der Waals surface area contributed by atoms with Gasteiger partial charge in [-0.1, -0.05) is 6.07 Å². The van der Waals surface area contributed by atoms with Crippen molar-refractivity contribution in [1.29, 1.82) is 0 Å². The number of nitrogens with one attached hydrogen (secondary N) is 1. The lowest BCUT2D eigenvalue weighted by Crippen LogP contribution is -2.32. The third-order valence-corrected chi connectivity index (χ3v) is 4.72. The number of carbonyl (C=O) groups is 2. The Hall–Kier alpha value is -1.89. The van der Waals surface area contributed by atoms with Crippen LogP contribution in [0.2, 0.25) is 0 Å². The Morgan fingerprint density at radius 3 is 2.55 bits per heavy atom. The highest BCUT2D eigenvalue weighted by Crippen LogP contribution is 2.11. The quantitative estimate of drug-likeness (QED) is 0.869. The Labute approximate surface area is 130 Å². The minimum atomic E-state index is -3.34. The van der Waals surface area contributed by atoms with Gasteiger partial charge in [-0.15, -0.1) is 0 Å². The first kappa shape index (κ1) is 16.5. The Balaban J connectivity index is 1.88. The second-order valence-electron chi connectivity index (χ2n) is 5.39. The first-order chi connectivity index (χ1) is 10.4. The van der Waals surface area contributed by atoms with Crippen molar-refractivity contribution in [3.63, 3.8) is 0 Å². The topological polar surface area (TPSA) is 83.5 Å². The van der Waals surface area contributed by atoms with Gasteiger partial charge in [-0.05, 0) is 31.0 Å². The first-order valence-electron chi connectivity index (χ1n) is 7.24. The minimum Gasteiger partial charge on any atom is -0.352 e. The number of carbonyl (C=O) groups excluding carboxylic acids is 2. The molecule has 0 saturated carbocycles. The van der Waals surface area contributed by atoms with E-state index in [9.17, 15) is 18.0 Å². The molecule has 0 aromatic heterocycles. The summed E-state index contributed by atoms with van der Waals surface area (Å²) in [6.07, 6.45) is 3.43. The summed E-state index contributed by atoms with van der Waals surface area (Å²) in [7, 11) is -3.34. The van der Waals surface area contributed by atoms with E-state index in [-0.39, 0.29) is 35.2 Å². The van der Waals surface area contributed by atoms with Gasteiger partial charge in [0.1, 0.15) is 0 Å². The van der Waals surface area contributed by atoms with Crippen molar-refractivity contribution >= 4 is 21.7 Å². The predicted octanol–water partition coefficient (Wildman–Crippen LogP) is 0.832. The van der Waals surface area contributed by atoms with Crippen LogP contribution >= 0.6 is 0 Å². The van der Waals surface area contributed by atoms with Crippen molar-refractivity contribution < 1.29 is 18.0 Å². The van der Waals surface area contributed by atoms with Gasteiger partial charge in [0.25, 0.3) is 5.91 Å². The summed E-state index contributed by atoms with van der Waals surface area (Å²) in [5.74, 6) is -0.331. The smallest absolute Gasteiger partial charge is 0.251 e. The molecule has 1 N–H and O–H groups in total. The van der Waals surface area contributed by atoms with Gasteiger partial charge in [-0.3, -0.25) is 9.59 Å². The number of rotatable bonds is 5. The van der Waals surface area contributed by atoms with E-state index in [2.05, 4.69) is 5.32 Å². The third-order valence-electron chi connectivity index (χ3n) is 3.61. The molecule has 0 unspecified atom stereocenters. The van der Waals surface area contributed by atoms with E-state index in [1.54, 1.807) is 11.0 Å². The summed E-state index contributed by atoms with van der Waals surface area (Å²) in [5, 5.41) is 2.65. The number of amides is 2. The molecule has 0 radical (unpaired) electrons. The molecule has 1 saturated heterocycles. The van der Waals surface area contributed by atoms with Crippen molar-refractivity contribution in [2.75, 3.05) is 25.9 Å². The van der Waals surface area contributed by atoms with Crippen LogP contribution in [0.4, 0.5) is 0 Å². The molecule has 2 amide bonds. The Morgan fingerprint density at radius 2 is 1.91 bits per heavy atom. The Bertz CT molecular complexity index is 664. The summed E-state index contributed by atoms with van der Waals surface area (Å²) < 4.78 is 23.0. The zero-order valence-electron chi connectivity index (χ0n) is 12.5. The molecule has 2 rings (SSSR count). The minimum absolute atomic E-state index is 0.0442. The molecule has 0 bridgehead atoms. The van der Waals surface area contributed by atoms with E-state index in [0.29, 0.717) is 0 Å². The van der Waals surface area contributed by atoms with Gasteiger partial charge in [0.15, 0.2) is 9.84 Å². The van der Waals surface area contributed by atoms with Crippen LogP contribution in [0.5, 0.6) is 0 Å². The van der Waals surface area contributed by atoms with Gasteiger partial charge in [-0.25, -0.2) is 8.42 Å². The summed E-state index contributed by atoms with van der Waals surface area (Å²) in [5.41, 5.74) is 0.275. The molecule has 22 heavy (non-hydrogen) atoms. The van der Waals surface area contributed by atoms with Gasteiger partial charge in [-0.2, -0.15) is 0 Å².